The van der Waals surface area contributed by atoms with Crippen molar-refractivity contribution in [2.45, 2.75) is 117 Å². The number of halogens is 1. The molecule has 0 saturated heterocycles. The van der Waals surface area contributed by atoms with Gasteiger partial charge in [-0.05, 0) is 106 Å². The van der Waals surface area contributed by atoms with Gasteiger partial charge in [0.1, 0.15) is 29.3 Å². The molecule has 1 aromatic heterocycles. The van der Waals surface area contributed by atoms with Gasteiger partial charge in [-0.25, -0.2) is 9.18 Å². The molecule has 1 aliphatic heterocycles. The standard InChI is InChI=1S/C43H55FN4O6/c1-11-13-14-15-20-53-32-21-27(3)33(28(4)22-32)25-34(45-39(50)35(12-2)47(10)41(52)54-42(5,6)7)40(51)48-26-43(8,9)37-36(48)24-30(38(49)46-37)23-29-16-18-31(44)19-17-29/h1,16-19,21-22,24,34-35H,12-15,20,23,25-26H2,2-10H3,(H,45,50)(H,46,49)/t34-,35-/m0/s1. The predicted molar refractivity (Wildman–Crippen MR) is 209 cm³/mol. The molecule has 0 bridgehead atoms. The monoisotopic (exact) mass is 742 g/mol. The number of rotatable bonds is 14. The van der Waals surface area contributed by atoms with Gasteiger partial charge in [-0.3, -0.25) is 19.3 Å². The second-order valence-electron chi connectivity index (χ2n) is 15.8. The number of aromatic nitrogens is 1. The number of aryl methyl sites for hydroxylation is 2. The van der Waals surface area contributed by atoms with E-state index in [1.54, 1.807) is 50.8 Å². The van der Waals surface area contributed by atoms with Crippen molar-refractivity contribution in [3.8, 4) is 18.1 Å². The van der Waals surface area contributed by atoms with E-state index in [1.165, 1.54) is 24.1 Å². The summed E-state index contributed by atoms with van der Waals surface area (Å²) in [7, 11) is 1.51. The molecule has 0 unspecified atom stereocenters. The number of terminal acetylenes is 1. The number of anilines is 1. The Bertz CT molecular complexity index is 1920. The fraction of sp³-hybridized carbons (Fsp3) is 0.488. The number of carbonyl (C=O) groups is 3. The largest absolute Gasteiger partial charge is 0.494 e. The maximum atomic E-state index is 14.9. The average Bonchev–Trinajstić information content (AvgIpc) is 3.34. The molecule has 3 amide bonds. The number of nitrogens with zero attached hydrogens (tertiary/aromatic N) is 2. The lowest BCUT2D eigenvalue weighted by Crippen LogP contribution is -2.56. The molecule has 0 saturated carbocycles. The lowest BCUT2D eigenvalue weighted by molar-refractivity contribution is -0.130. The van der Waals surface area contributed by atoms with E-state index in [-0.39, 0.29) is 43.1 Å². The fourth-order valence-electron chi connectivity index (χ4n) is 6.83. The third-order valence-electron chi connectivity index (χ3n) is 9.71. The highest BCUT2D eigenvalue weighted by molar-refractivity contribution is 6.02. The molecule has 290 valence electrons. The van der Waals surface area contributed by atoms with Gasteiger partial charge in [0.05, 0.1) is 12.3 Å². The smallest absolute Gasteiger partial charge is 0.410 e. The van der Waals surface area contributed by atoms with Gasteiger partial charge in [0.25, 0.3) is 5.56 Å². The highest BCUT2D eigenvalue weighted by Gasteiger charge is 2.42. The van der Waals surface area contributed by atoms with Gasteiger partial charge < -0.3 is 24.7 Å². The van der Waals surface area contributed by atoms with Gasteiger partial charge in [-0.1, -0.05) is 32.9 Å². The molecule has 0 spiro atoms. The molecule has 4 rings (SSSR count). The van der Waals surface area contributed by atoms with Crippen LogP contribution in [0.1, 0.15) is 101 Å². The summed E-state index contributed by atoms with van der Waals surface area (Å²) in [5, 5.41) is 3.01. The van der Waals surface area contributed by atoms with Crippen LogP contribution in [-0.4, -0.2) is 65.7 Å². The predicted octanol–water partition coefficient (Wildman–Crippen LogP) is 6.90. The Hall–Kier alpha value is -5.11. The molecular formula is C43H55FN4O6. The number of hydrogen-bond acceptors (Lipinski definition) is 6. The summed E-state index contributed by atoms with van der Waals surface area (Å²) in [5.74, 6) is 2.11. The summed E-state index contributed by atoms with van der Waals surface area (Å²) in [4.78, 5) is 61.2. The molecule has 54 heavy (non-hydrogen) atoms. The Labute approximate surface area is 318 Å². The summed E-state index contributed by atoms with van der Waals surface area (Å²) in [5.41, 5.74) is 3.32. The van der Waals surface area contributed by atoms with Crippen molar-refractivity contribution in [2.75, 3.05) is 25.1 Å². The van der Waals surface area contributed by atoms with Crippen molar-refractivity contribution >= 4 is 23.6 Å². The summed E-state index contributed by atoms with van der Waals surface area (Å²) < 4.78 is 25.2. The van der Waals surface area contributed by atoms with Crippen LogP contribution in [0.15, 0.2) is 47.3 Å². The van der Waals surface area contributed by atoms with E-state index in [0.717, 1.165) is 35.1 Å². The van der Waals surface area contributed by atoms with E-state index in [9.17, 15) is 23.6 Å². The number of nitrogens with one attached hydrogen (secondary N) is 2. The topological polar surface area (TPSA) is 121 Å². The second-order valence-corrected chi connectivity index (χ2v) is 15.8. The van der Waals surface area contributed by atoms with E-state index in [1.807, 2.05) is 39.8 Å². The quantitative estimate of drug-likeness (QED) is 0.137. The van der Waals surface area contributed by atoms with Gasteiger partial charge in [0.2, 0.25) is 11.8 Å². The fourth-order valence-corrected chi connectivity index (χ4v) is 6.83. The number of unbranched alkanes of at least 4 members (excludes halogenated alkanes) is 2. The molecule has 3 aromatic rings. The van der Waals surface area contributed by atoms with E-state index in [0.29, 0.717) is 35.7 Å². The molecule has 2 heterocycles. The summed E-state index contributed by atoms with van der Waals surface area (Å²) in [6.45, 7) is 15.6. The Kier molecular flexibility index (Phi) is 13.4. The number of carbonyl (C=O) groups excluding carboxylic acids is 3. The van der Waals surface area contributed by atoms with Gasteiger partial charge in [0, 0.05) is 49.5 Å². The Morgan fingerprint density at radius 3 is 2.33 bits per heavy atom. The van der Waals surface area contributed by atoms with Crippen LogP contribution in [0.4, 0.5) is 14.9 Å². The second kappa shape index (κ2) is 17.4. The van der Waals surface area contributed by atoms with E-state index in [2.05, 4.69) is 16.2 Å². The minimum absolute atomic E-state index is 0.162. The van der Waals surface area contributed by atoms with Crippen LogP contribution in [0.5, 0.6) is 5.75 Å². The molecule has 2 N–H and O–H groups in total. The minimum atomic E-state index is -1.04. The summed E-state index contributed by atoms with van der Waals surface area (Å²) in [6, 6.07) is 9.56. The first-order valence-electron chi connectivity index (χ1n) is 18.6. The zero-order valence-corrected chi connectivity index (χ0v) is 33.2. The van der Waals surface area contributed by atoms with Gasteiger partial charge >= 0.3 is 6.09 Å². The molecule has 0 radical (unpaired) electrons. The van der Waals surface area contributed by atoms with Crippen LogP contribution in [0, 0.1) is 32.0 Å². The zero-order valence-electron chi connectivity index (χ0n) is 33.2. The van der Waals surface area contributed by atoms with Crippen LogP contribution in [0.3, 0.4) is 0 Å². The van der Waals surface area contributed by atoms with Crippen molar-refractivity contribution < 1.29 is 28.2 Å². The molecule has 2 aromatic carbocycles. The minimum Gasteiger partial charge on any atom is -0.494 e. The Morgan fingerprint density at radius 2 is 1.74 bits per heavy atom. The number of fused-ring (bicyclic) bond motifs is 1. The maximum Gasteiger partial charge on any atom is 0.410 e. The average molecular weight is 743 g/mol. The van der Waals surface area contributed by atoms with Gasteiger partial charge in [-0.2, -0.15) is 0 Å². The number of likely N-dealkylation sites (N-methyl/N-ethyl adjacent to an activating group) is 1. The molecule has 10 nitrogen and oxygen atoms in total. The van der Waals surface area contributed by atoms with Gasteiger partial charge in [0.15, 0.2) is 0 Å². The lowest BCUT2D eigenvalue weighted by atomic mass is 9.91. The number of amides is 3. The number of benzene rings is 2. The van der Waals surface area contributed by atoms with Crippen molar-refractivity contribution in [3.05, 3.63) is 92.1 Å². The molecule has 0 fully saturated rings. The van der Waals surface area contributed by atoms with Crippen molar-refractivity contribution in [1.29, 1.82) is 0 Å². The summed E-state index contributed by atoms with van der Waals surface area (Å²) in [6.07, 6.45) is 7.79. The SMILES string of the molecule is C#CCCCCOc1cc(C)c(C[C@H](NC(=O)[C@H](CC)N(C)C(=O)OC(C)(C)C)C(=O)N2CC(C)(C)c3[nH]c(=O)c(Cc4ccc(F)cc4)cc32)c(C)c1. The highest BCUT2D eigenvalue weighted by atomic mass is 19.1. The first-order chi connectivity index (χ1) is 25.3. The normalized spacial score (nSPS) is 14.4. The first kappa shape index (κ1) is 41.6. The number of ether oxygens (including phenoxy) is 2. The number of pyridine rings is 1. The third kappa shape index (κ3) is 10.3. The van der Waals surface area contributed by atoms with Crippen molar-refractivity contribution in [2.24, 2.45) is 0 Å². The Balaban J connectivity index is 1.71. The van der Waals surface area contributed by atoms with Crippen LogP contribution in [-0.2, 0) is 32.6 Å². The van der Waals surface area contributed by atoms with Crippen LogP contribution in [0.2, 0.25) is 0 Å². The van der Waals surface area contributed by atoms with Crippen LogP contribution in [0.25, 0.3) is 0 Å². The van der Waals surface area contributed by atoms with E-state index in [4.69, 9.17) is 15.9 Å². The van der Waals surface area contributed by atoms with E-state index >= 15 is 0 Å². The highest BCUT2D eigenvalue weighted by Crippen LogP contribution is 2.39. The summed E-state index contributed by atoms with van der Waals surface area (Å²) >= 11 is 0. The first-order valence-corrected chi connectivity index (χ1v) is 18.6. The molecule has 2 atom stereocenters. The van der Waals surface area contributed by atoms with Crippen molar-refractivity contribution in [1.82, 2.24) is 15.2 Å². The van der Waals surface area contributed by atoms with Gasteiger partial charge in [-0.15, -0.1) is 12.3 Å². The van der Waals surface area contributed by atoms with Crippen LogP contribution < -0.4 is 20.5 Å². The maximum absolute atomic E-state index is 14.9. The lowest BCUT2D eigenvalue weighted by Gasteiger charge is -2.32. The third-order valence-corrected chi connectivity index (χ3v) is 9.71. The molecule has 11 heteroatoms. The molecule has 1 aliphatic rings. The number of aromatic amines is 1. The zero-order chi connectivity index (χ0) is 40.0. The number of H-pyrrole nitrogens is 1. The van der Waals surface area contributed by atoms with Crippen molar-refractivity contribution in [3.63, 3.8) is 0 Å². The van der Waals surface area contributed by atoms with Crippen LogP contribution >= 0.6 is 0 Å². The number of hydrogen-bond donors (Lipinski definition) is 2. The molecular weight excluding hydrogens is 687 g/mol. The Morgan fingerprint density at radius 1 is 1.09 bits per heavy atom. The van der Waals surface area contributed by atoms with E-state index < -0.39 is 35.1 Å². The molecule has 0 aliphatic carbocycles.